The van der Waals surface area contributed by atoms with Crippen molar-refractivity contribution < 1.29 is 9.53 Å². The summed E-state index contributed by atoms with van der Waals surface area (Å²) < 4.78 is 5.61. The third-order valence-corrected chi connectivity index (χ3v) is 3.93. The van der Waals surface area contributed by atoms with E-state index in [1.54, 1.807) is 12.2 Å². The van der Waals surface area contributed by atoms with Gasteiger partial charge in [0.25, 0.3) is 0 Å². The maximum absolute atomic E-state index is 12.1. The molecule has 0 saturated carbocycles. The maximum atomic E-state index is 12.1. The molecule has 0 bridgehead atoms. The van der Waals surface area contributed by atoms with E-state index in [1.807, 2.05) is 45.0 Å². The molecule has 0 aliphatic heterocycles. The first-order chi connectivity index (χ1) is 12.0. The van der Waals surface area contributed by atoms with Crippen molar-refractivity contribution in [3.8, 4) is 5.75 Å². The monoisotopic (exact) mass is 337 g/mol. The number of hydrogen-bond donors (Lipinski definition) is 1. The van der Waals surface area contributed by atoms with Gasteiger partial charge < -0.3 is 10.1 Å². The van der Waals surface area contributed by atoms with Crippen molar-refractivity contribution in [2.45, 2.75) is 46.3 Å². The van der Waals surface area contributed by atoms with E-state index in [0.29, 0.717) is 0 Å². The second-order valence-electron chi connectivity index (χ2n) is 6.39. The van der Waals surface area contributed by atoms with Gasteiger partial charge in [-0.1, -0.05) is 43.3 Å². The fourth-order valence-corrected chi connectivity index (χ4v) is 2.49. The molecule has 0 radical (unpaired) electrons. The van der Waals surface area contributed by atoms with Gasteiger partial charge in [-0.25, -0.2) is 0 Å². The summed E-state index contributed by atoms with van der Waals surface area (Å²) in [5, 5.41) is 2.99. The first-order valence-corrected chi connectivity index (χ1v) is 8.82. The van der Waals surface area contributed by atoms with E-state index in [4.69, 9.17) is 4.74 Å². The molecule has 1 atom stereocenters. The third kappa shape index (κ3) is 6.11. The number of amides is 1. The van der Waals surface area contributed by atoms with Crippen LogP contribution in [-0.4, -0.2) is 12.0 Å². The molecule has 3 heteroatoms. The molecule has 0 aromatic heterocycles. The standard InChI is InChI=1S/C22H27NO2/c1-5-18-6-11-20(12-7-18)17(4)23-22(24)15-10-19-8-13-21(14-9-19)25-16(2)3/h6-17H,5H2,1-4H3,(H,23,24)/b15-10-. The fraction of sp³-hybridized carbons (Fsp3) is 0.318. The Morgan fingerprint density at radius 1 is 1.04 bits per heavy atom. The number of carbonyl (C=O) groups is 1. The van der Waals surface area contributed by atoms with Crippen molar-refractivity contribution >= 4 is 12.0 Å². The molecule has 1 N–H and O–H groups in total. The minimum atomic E-state index is -0.102. The summed E-state index contributed by atoms with van der Waals surface area (Å²) in [5.41, 5.74) is 3.37. The van der Waals surface area contributed by atoms with E-state index in [2.05, 4.69) is 36.5 Å². The minimum Gasteiger partial charge on any atom is -0.491 e. The summed E-state index contributed by atoms with van der Waals surface area (Å²) in [6, 6.07) is 16.0. The molecule has 1 unspecified atom stereocenters. The predicted octanol–water partition coefficient (Wildman–Crippen LogP) is 4.93. The van der Waals surface area contributed by atoms with Gasteiger partial charge in [0.2, 0.25) is 5.91 Å². The van der Waals surface area contributed by atoms with Gasteiger partial charge in [0.05, 0.1) is 12.1 Å². The van der Waals surface area contributed by atoms with Crippen LogP contribution in [0.5, 0.6) is 5.75 Å². The van der Waals surface area contributed by atoms with Gasteiger partial charge in [0.15, 0.2) is 0 Å². The van der Waals surface area contributed by atoms with Crippen LogP contribution in [0.2, 0.25) is 0 Å². The zero-order chi connectivity index (χ0) is 18.2. The Morgan fingerprint density at radius 3 is 2.24 bits per heavy atom. The summed E-state index contributed by atoms with van der Waals surface area (Å²) >= 11 is 0. The van der Waals surface area contributed by atoms with E-state index in [9.17, 15) is 4.79 Å². The molecule has 2 rings (SSSR count). The summed E-state index contributed by atoms with van der Waals surface area (Å²) in [6.45, 7) is 8.11. The van der Waals surface area contributed by atoms with Crippen molar-refractivity contribution in [2.75, 3.05) is 0 Å². The molecule has 0 aliphatic rings. The number of benzene rings is 2. The number of nitrogens with one attached hydrogen (secondary N) is 1. The lowest BCUT2D eigenvalue weighted by Crippen LogP contribution is -2.24. The van der Waals surface area contributed by atoms with Crippen molar-refractivity contribution in [1.29, 1.82) is 0 Å². The molecule has 0 saturated heterocycles. The lowest BCUT2D eigenvalue weighted by Gasteiger charge is -2.13. The zero-order valence-electron chi connectivity index (χ0n) is 15.5. The quantitative estimate of drug-likeness (QED) is 0.728. The molecular weight excluding hydrogens is 310 g/mol. The Kier molecular flexibility index (Phi) is 6.81. The topological polar surface area (TPSA) is 38.3 Å². The Hall–Kier alpha value is -2.55. The molecular formula is C22H27NO2. The normalized spacial score (nSPS) is 12.4. The number of ether oxygens (including phenoxy) is 1. The first kappa shape index (κ1) is 18.8. The molecule has 3 nitrogen and oxygen atoms in total. The zero-order valence-corrected chi connectivity index (χ0v) is 15.5. The lowest BCUT2D eigenvalue weighted by molar-refractivity contribution is -0.117. The maximum Gasteiger partial charge on any atom is 0.244 e. The van der Waals surface area contributed by atoms with Gasteiger partial charge in [-0.15, -0.1) is 0 Å². The predicted molar refractivity (Wildman–Crippen MR) is 104 cm³/mol. The highest BCUT2D eigenvalue weighted by atomic mass is 16.5. The smallest absolute Gasteiger partial charge is 0.244 e. The van der Waals surface area contributed by atoms with Crippen LogP contribution >= 0.6 is 0 Å². The molecule has 0 spiro atoms. The second kappa shape index (κ2) is 9.07. The van der Waals surface area contributed by atoms with E-state index in [1.165, 1.54) is 5.56 Å². The molecule has 25 heavy (non-hydrogen) atoms. The molecule has 132 valence electrons. The number of aryl methyl sites for hydroxylation is 1. The summed E-state index contributed by atoms with van der Waals surface area (Å²) in [7, 11) is 0. The van der Waals surface area contributed by atoms with Crippen molar-refractivity contribution in [3.63, 3.8) is 0 Å². The molecule has 0 fully saturated rings. The van der Waals surface area contributed by atoms with Gasteiger partial charge in [0.1, 0.15) is 5.75 Å². The largest absolute Gasteiger partial charge is 0.491 e. The Morgan fingerprint density at radius 2 is 1.68 bits per heavy atom. The average molecular weight is 337 g/mol. The third-order valence-electron chi connectivity index (χ3n) is 3.93. The SMILES string of the molecule is CCc1ccc(C(C)NC(=O)/C=C\c2ccc(OC(C)C)cc2)cc1. The van der Waals surface area contributed by atoms with Gasteiger partial charge in [-0.2, -0.15) is 0 Å². The summed E-state index contributed by atoms with van der Waals surface area (Å²) in [6.07, 6.45) is 4.54. The van der Waals surface area contributed by atoms with E-state index >= 15 is 0 Å². The van der Waals surface area contributed by atoms with Gasteiger partial charge >= 0.3 is 0 Å². The Bertz CT molecular complexity index is 700. The van der Waals surface area contributed by atoms with Crippen molar-refractivity contribution in [3.05, 3.63) is 71.3 Å². The van der Waals surface area contributed by atoms with Crippen LogP contribution in [0.25, 0.3) is 6.08 Å². The molecule has 2 aromatic carbocycles. The van der Waals surface area contributed by atoms with Crippen LogP contribution in [0.1, 0.15) is 50.4 Å². The van der Waals surface area contributed by atoms with Crippen LogP contribution in [-0.2, 0) is 11.2 Å². The van der Waals surface area contributed by atoms with Crippen LogP contribution in [0.4, 0.5) is 0 Å². The lowest BCUT2D eigenvalue weighted by atomic mass is 10.0. The molecule has 2 aromatic rings. The number of rotatable bonds is 7. The average Bonchev–Trinajstić information content (AvgIpc) is 2.60. The first-order valence-electron chi connectivity index (χ1n) is 8.82. The summed E-state index contributed by atoms with van der Waals surface area (Å²) in [4.78, 5) is 12.1. The number of carbonyl (C=O) groups excluding carboxylic acids is 1. The Labute approximate surface area is 150 Å². The highest BCUT2D eigenvalue weighted by molar-refractivity contribution is 5.91. The van der Waals surface area contributed by atoms with E-state index in [-0.39, 0.29) is 18.1 Å². The molecule has 0 aliphatic carbocycles. The van der Waals surface area contributed by atoms with Gasteiger partial charge in [-0.3, -0.25) is 4.79 Å². The van der Waals surface area contributed by atoms with Crippen LogP contribution in [0.3, 0.4) is 0 Å². The molecule has 0 heterocycles. The van der Waals surface area contributed by atoms with Gasteiger partial charge in [0, 0.05) is 6.08 Å². The highest BCUT2D eigenvalue weighted by Crippen LogP contribution is 2.16. The van der Waals surface area contributed by atoms with Crippen LogP contribution in [0.15, 0.2) is 54.6 Å². The van der Waals surface area contributed by atoms with Crippen LogP contribution in [0, 0.1) is 0 Å². The van der Waals surface area contributed by atoms with Crippen LogP contribution < -0.4 is 10.1 Å². The molecule has 1 amide bonds. The van der Waals surface area contributed by atoms with E-state index < -0.39 is 0 Å². The highest BCUT2D eigenvalue weighted by Gasteiger charge is 2.07. The fourth-order valence-electron chi connectivity index (χ4n) is 2.49. The second-order valence-corrected chi connectivity index (χ2v) is 6.39. The van der Waals surface area contributed by atoms with Gasteiger partial charge in [-0.05, 0) is 62.1 Å². The Balaban J connectivity index is 1.90. The van der Waals surface area contributed by atoms with E-state index in [0.717, 1.165) is 23.3 Å². The summed E-state index contributed by atoms with van der Waals surface area (Å²) in [5.74, 6) is 0.732. The minimum absolute atomic E-state index is 0.0233. The van der Waals surface area contributed by atoms with Crippen molar-refractivity contribution in [1.82, 2.24) is 5.32 Å². The number of hydrogen-bond acceptors (Lipinski definition) is 2. The van der Waals surface area contributed by atoms with Crippen molar-refractivity contribution in [2.24, 2.45) is 0 Å².